The second-order valence-corrected chi connectivity index (χ2v) is 4.55. The molecule has 0 radical (unpaired) electrons. The standard InChI is InChI=1S/C15H17NO3/c1-2-3-4-11-5-7-12(8-6-11)14-9-13(16-19-14)10-15(17)18/h5-9H,2-4,10H2,1H3,(H,17,18). The van der Waals surface area contributed by atoms with E-state index in [1.54, 1.807) is 6.07 Å². The largest absolute Gasteiger partial charge is 0.481 e. The van der Waals surface area contributed by atoms with E-state index in [0.29, 0.717) is 11.5 Å². The van der Waals surface area contributed by atoms with Gasteiger partial charge in [-0.3, -0.25) is 4.79 Å². The normalized spacial score (nSPS) is 10.6. The third kappa shape index (κ3) is 3.68. The second kappa shape index (κ2) is 6.18. The quantitative estimate of drug-likeness (QED) is 0.864. The van der Waals surface area contributed by atoms with Crippen LogP contribution in [0.4, 0.5) is 0 Å². The van der Waals surface area contributed by atoms with Gasteiger partial charge in [-0.2, -0.15) is 0 Å². The molecule has 2 rings (SSSR count). The number of aryl methyl sites for hydroxylation is 1. The molecule has 0 unspecified atom stereocenters. The maximum absolute atomic E-state index is 10.6. The summed E-state index contributed by atoms with van der Waals surface area (Å²) in [6.07, 6.45) is 3.34. The molecule has 1 aromatic heterocycles. The number of carboxylic acids is 1. The number of aliphatic carboxylic acids is 1. The molecule has 0 aliphatic rings. The van der Waals surface area contributed by atoms with E-state index in [1.165, 1.54) is 18.4 Å². The molecule has 2 aromatic rings. The number of hydrogen-bond acceptors (Lipinski definition) is 3. The van der Waals surface area contributed by atoms with Crippen molar-refractivity contribution in [3.8, 4) is 11.3 Å². The predicted molar refractivity (Wildman–Crippen MR) is 71.9 cm³/mol. The SMILES string of the molecule is CCCCc1ccc(-c2cc(CC(=O)O)no2)cc1. The first-order valence-electron chi connectivity index (χ1n) is 6.45. The Bertz CT molecular complexity index is 543. The highest BCUT2D eigenvalue weighted by Gasteiger charge is 2.09. The molecular weight excluding hydrogens is 242 g/mol. The fourth-order valence-electron chi connectivity index (χ4n) is 1.90. The molecule has 0 spiro atoms. The summed E-state index contributed by atoms with van der Waals surface area (Å²) in [6.45, 7) is 2.17. The summed E-state index contributed by atoms with van der Waals surface area (Å²) < 4.78 is 5.16. The summed E-state index contributed by atoms with van der Waals surface area (Å²) >= 11 is 0. The summed E-state index contributed by atoms with van der Waals surface area (Å²) in [5.41, 5.74) is 2.66. The van der Waals surface area contributed by atoms with E-state index < -0.39 is 5.97 Å². The molecule has 0 amide bonds. The van der Waals surface area contributed by atoms with Crippen LogP contribution in [-0.2, 0) is 17.6 Å². The first kappa shape index (κ1) is 13.3. The number of carboxylic acid groups (broad SMARTS) is 1. The first-order chi connectivity index (χ1) is 9.19. The topological polar surface area (TPSA) is 63.3 Å². The van der Waals surface area contributed by atoms with Crippen molar-refractivity contribution < 1.29 is 14.4 Å². The van der Waals surface area contributed by atoms with Gasteiger partial charge in [0, 0.05) is 11.6 Å². The van der Waals surface area contributed by atoms with E-state index in [0.717, 1.165) is 12.0 Å². The van der Waals surface area contributed by atoms with Crippen LogP contribution in [0.2, 0.25) is 0 Å². The van der Waals surface area contributed by atoms with Gasteiger partial charge in [-0.15, -0.1) is 0 Å². The van der Waals surface area contributed by atoms with Crippen LogP contribution in [0, 0.1) is 0 Å². The molecule has 4 nitrogen and oxygen atoms in total. The maximum Gasteiger partial charge on any atom is 0.309 e. The Kier molecular flexibility index (Phi) is 4.34. The molecule has 1 heterocycles. The van der Waals surface area contributed by atoms with Gasteiger partial charge in [0.2, 0.25) is 0 Å². The molecule has 0 aliphatic heterocycles. The van der Waals surface area contributed by atoms with Crippen LogP contribution in [0.15, 0.2) is 34.9 Å². The van der Waals surface area contributed by atoms with E-state index in [4.69, 9.17) is 9.63 Å². The van der Waals surface area contributed by atoms with Crippen molar-refractivity contribution in [1.29, 1.82) is 0 Å². The van der Waals surface area contributed by atoms with Gasteiger partial charge in [0.15, 0.2) is 5.76 Å². The Balaban J connectivity index is 2.09. The lowest BCUT2D eigenvalue weighted by molar-refractivity contribution is -0.136. The molecule has 100 valence electrons. The second-order valence-electron chi connectivity index (χ2n) is 4.55. The molecule has 4 heteroatoms. The number of benzene rings is 1. The van der Waals surface area contributed by atoms with Crippen LogP contribution in [-0.4, -0.2) is 16.2 Å². The van der Waals surface area contributed by atoms with E-state index >= 15 is 0 Å². The Labute approximate surface area is 112 Å². The third-order valence-corrected chi connectivity index (χ3v) is 2.95. The molecule has 0 saturated heterocycles. The zero-order valence-electron chi connectivity index (χ0n) is 10.9. The number of carbonyl (C=O) groups is 1. The van der Waals surface area contributed by atoms with E-state index in [9.17, 15) is 4.79 Å². The first-order valence-corrected chi connectivity index (χ1v) is 6.45. The van der Waals surface area contributed by atoms with Gasteiger partial charge in [-0.25, -0.2) is 0 Å². The lowest BCUT2D eigenvalue weighted by Gasteiger charge is -2.00. The van der Waals surface area contributed by atoms with Crippen molar-refractivity contribution in [3.63, 3.8) is 0 Å². The van der Waals surface area contributed by atoms with Gasteiger partial charge >= 0.3 is 5.97 Å². The molecule has 1 aromatic carbocycles. The van der Waals surface area contributed by atoms with Gasteiger partial charge < -0.3 is 9.63 Å². The Hall–Kier alpha value is -2.10. The minimum atomic E-state index is -0.908. The lowest BCUT2D eigenvalue weighted by atomic mass is 10.1. The molecule has 0 aliphatic carbocycles. The number of unbranched alkanes of at least 4 members (excludes halogenated alkanes) is 1. The summed E-state index contributed by atoms with van der Waals surface area (Å²) in [6, 6.07) is 9.79. The van der Waals surface area contributed by atoms with Crippen molar-refractivity contribution in [2.45, 2.75) is 32.6 Å². The third-order valence-electron chi connectivity index (χ3n) is 2.95. The molecule has 0 saturated carbocycles. The number of rotatable bonds is 6. The molecule has 0 atom stereocenters. The highest BCUT2D eigenvalue weighted by atomic mass is 16.5. The molecule has 1 N–H and O–H groups in total. The van der Waals surface area contributed by atoms with Crippen molar-refractivity contribution in [2.75, 3.05) is 0 Å². The van der Waals surface area contributed by atoms with Crippen LogP contribution in [0.25, 0.3) is 11.3 Å². The Morgan fingerprint density at radius 1 is 1.32 bits per heavy atom. The predicted octanol–water partition coefficient (Wildman–Crippen LogP) is 3.31. The van der Waals surface area contributed by atoms with E-state index in [-0.39, 0.29) is 6.42 Å². The average Bonchev–Trinajstić information content (AvgIpc) is 2.84. The van der Waals surface area contributed by atoms with E-state index in [2.05, 4.69) is 24.2 Å². The van der Waals surface area contributed by atoms with Crippen LogP contribution in [0.3, 0.4) is 0 Å². The number of aromatic nitrogens is 1. The van der Waals surface area contributed by atoms with Crippen LogP contribution in [0.5, 0.6) is 0 Å². The van der Waals surface area contributed by atoms with Crippen molar-refractivity contribution in [2.24, 2.45) is 0 Å². The number of hydrogen-bond donors (Lipinski definition) is 1. The fraction of sp³-hybridized carbons (Fsp3) is 0.333. The molecule has 19 heavy (non-hydrogen) atoms. The van der Waals surface area contributed by atoms with Crippen LogP contribution < -0.4 is 0 Å². The van der Waals surface area contributed by atoms with Crippen LogP contribution in [0.1, 0.15) is 31.0 Å². The highest BCUT2D eigenvalue weighted by molar-refractivity contribution is 5.70. The fourth-order valence-corrected chi connectivity index (χ4v) is 1.90. The van der Waals surface area contributed by atoms with Gasteiger partial charge in [0.25, 0.3) is 0 Å². The average molecular weight is 259 g/mol. The van der Waals surface area contributed by atoms with Crippen LogP contribution >= 0.6 is 0 Å². The van der Waals surface area contributed by atoms with Crippen molar-refractivity contribution >= 4 is 5.97 Å². The maximum atomic E-state index is 10.6. The minimum absolute atomic E-state index is 0.113. The lowest BCUT2D eigenvalue weighted by Crippen LogP contribution is -1.99. The smallest absolute Gasteiger partial charge is 0.309 e. The molecule has 0 fully saturated rings. The summed E-state index contributed by atoms with van der Waals surface area (Å²) in [5.74, 6) is -0.298. The van der Waals surface area contributed by atoms with Gasteiger partial charge in [0.05, 0.1) is 12.1 Å². The summed E-state index contributed by atoms with van der Waals surface area (Å²) in [4.78, 5) is 10.6. The zero-order valence-corrected chi connectivity index (χ0v) is 10.9. The van der Waals surface area contributed by atoms with Crippen molar-refractivity contribution in [1.82, 2.24) is 5.16 Å². The van der Waals surface area contributed by atoms with E-state index in [1.807, 2.05) is 12.1 Å². The number of nitrogens with zero attached hydrogens (tertiary/aromatic N) is 1. The monoisotopic (exact) mass is 259 g/mol. The Morgan fingerprint density at radius 3 is 2.68 bits per heavy atom. The zero-order chi connectivity index (χ0) is 13.7. The molecule has 0 bridgehead atoms. The van der Waals surface area contributed by atoms with Gasteiger partial charge in [-0.05, 0) is 18.4 Å². The van der Waals surface area contributed by atoms with Gasteiger partial charge in [0.1, 0.15) is 0 Å². The Morgan fingerprint density at radius 2 is 2.05 bits per heavy atom. The highest BCUT2D eigenvalue weighted by Crippen LogP contribution is 2.21. The summed E-state index contributed by atoms with van der Waals surface area (Å²) in [5, 5.41) is 12.4. The van der Waals surface area contributed by atoms with Gasteiger partial charge in [-0.1, -0.05) is 42.8 Å². The summed E-state index contributed by atoms with van der Waals surface area (Å²) in [7, 11) is 0. The van der Waals surface area contributed by atoms with Crippen molar-refractivity contribution in [3.05, 3.63) is 41.6 Å². The molecular formula is C15H17NO3. The minimum Gasteiger partial charge on any atom is -0.481 e.